The predicted molar refractivity (Wildman–Crippen MR) is 125 cm³/mol. The van der Waals surface area contributed by atoms with Gasteiger partial charge in [0.1, 0.15) is 0 Å². The average Bonchev–Trinajstić information content (AvgIpc) is 2.70. The highest BCUT2D eigenvalue weighted by molar-refractivity contribution is 5.88. The van der Waals surface area contributed by atoms with E-state index in [4.69, 9.17) is 9.47 Å². The summed E-state index contributed by atoms with van der Waals surface area (Å²) in [4.78, 5) is 29.2. The predicted octanol–water partition coefficient (Wildman–Crippen LogP) is 3.43. The SMILES string of the molecule is CCOC1(OCC)CCC(N(CC)C(=O)Cc2ccc(NC(C)=O)cc2)C(N2CCC2)C1. The fourth-order valence-corrected chi connectivity index (χ4v) is 5.14. The third-order valence-corrected chi connectivity index (χ3v) is 6.65. The van der Waals surface area contributed by atoms with Crippen LogP contribution in [-0.4, -0.2) is 72.3 Å². The van der Waals surface area contributed by atoms with Gasteiger partial charge in [0.15, 0.2) is 5.79 Å². The Hall–Kier alpha value is -1.96. The van der Waals surface area contributed by atoms with Gasteiger partial charge in [-0.05, 0) is 64.4 Å². The van der Waals surface area contributed by atoms with Crippen LogP contribution in [-0.2, 0) is 25.5 Å². The quantitative estimate of drug-likeness (QED) is 0.559. The van der Waals surface area contributed by atoms with Crippen LogP contribution in [0.15, 0.2) is 24.3 Å². The lowest BCUT2D eigenvalue weighted by Crippen LogP contribution is -2.63. The van der Waals surface area contributed by atoms with E-state index in [0.717, 1.165) is 43.6 Å². The van der Waals surface area contributed by atoms with E-state index >= 15 is 0 Å². The number of hydrogen-bond acceptors (Lipinski definition) is 5. The van der Waals surface area contributed by atoms with Crippen molar-refractivity contribution in [3.63, 3.8) is 0 Å². The van der Waals surface area contributed by atoms with E-state index in [-0.39, 0.29) is 23.9 Å². The first-order chi connectivity index (χ1) is 15.4. The summed E-state index contributed by atoms with van der Waals surface area (Å²) >= 11 is 0. The fraction of sp³-hybridized carbons (Fsp3) is 0.680. The average molecular weight is 446 g/mol. The van der Waals surface area contributed by atoms with Gasteiger partial charge >= 0.3 is 0 Å². The molecule has 0 aromatic heterocycles. The Kier molecular flexibility index (Phi) is 8.68. The number of nitrogens with one attached hydrogen (secondary N) is 1. The number of anilines is 1. The number of rotatable bonds is 10. The van der Waals surface area contributed by atoms with Crippen molar-refractivity contribution in [3.05, 3.63) is 29.8 Å². The number of amides is 2. The third kappa shape index (κ3) is 5.88. The summed E-state index contributed by atoms with van der Waals surface area (Å²) in [5.41, 5.74) is 1.70. The Bertz CT molecular complexity index is 757. The summed E-state index contributed by atoms with van der Waals surface area (Å²) in [6.45, 7) is 11.7. The van der Waals surface area contributed by atoms with Crippen LogP contribution in [0.5, 0.6) is 0 Å². The zero-order valence-electron chi connectivity index (χ0n) is 20.1. The highest BCUT2D eigenvalue weighted by Crippen LogP contribution is 2.39. The molecule has 1 heterocycles. The molecule has 7 heteroatoms. The van der Waals surface area contributed by atoms with Crippen molar-refractivity contribution < 1.29 is 19.1 Å². The molecule has 2 amide bonds. The molecule has 1 aromatic carbocycles. The minimum atomic E-state index is -0.539. The van der Waals surface area contributed by atoms with Gasteiger partial charge in [-0.2, -0.15) is 0 Å². The van der Waals surface area contributed by atoms with Gasteiger partial charge in [-0.3, -0.25) is 14.5 Å². The van der Waals surface area contributed by atoms with Gasteiger partial charge in [-0.15, -0.1) is 0 Å². The van der Waals surface area contributed by atoms with E-state index in [1.807, 2.05) is 38.1 Å². The molecule has 2 fully saturated rings. The van der Waals surface area contributed by atoms with Gasteiger partial charge in [-0.1, -0.05) is 12.1 Å². The lowest BCUT2D eigenvalue weighted by Gasteiger charge is -2.52. The number of carbonyl (C=O) groups is 2. The molecule has 0 bridgehead atoms. The molecule has 1 saturated carbocycles. The summed E-state index contributed by atoms with van der Waals surface area (Å²) < 4.78 is 12.3. The highest BCUT2D eigenvalue weighted by Gasteiger charge is 2.47. The Morgan fingerprint density at radius 2 is 1.78 bits per heavy atom. The van der Waals surface area contributed by atoms with Crippen LogP contribution in [0.2, 0.25) is 0 Å². The fourth-order valence-electron chi connectivity index (χ4n) is 5.14. The van der Waals surface area contributed by atoms with Crippen molar-refractivity contribution in [1.82, 2.24) is 9.80 Å². The molecule has 1 aliphatic heterocycles. The monoisotopic (exact) mass is 445 g/mol. The Balaban J connectivity index is 1.72. The topological polar surface area (TPSA) is 71.1 Å². The lowest BCUT2D eigenvalue weighted by atomic mass is 9.82. The van der Waals surface area contributed by atoms with Gasteiger partial charge in [0.2, 0.25) is 11.8 Å². The molecule has 0 radical (unpaired) electrons. The smallest absolute Gasteiger partial charge is 0.227 e. The van der Waals surface area contributed by atoms with Gasteiger partial charge in [0.05, 0.1) is 6.42 Å². The summed E-state index contributed by atoms with van der Waals surface area (Å²) in [6.07, 6.45) is 4.05. The largest absolute Gasteiger partial charge is 0.350 e. The van der Waals surface area contributed by atoms with E-state index in [1.54, 1.807) is 0 Å². The molecule has 32 heavy (non-hydrogen) atoms. The van der Waals surface area contributed by atoms with E-state index in [0.29, 0.717) is 26.2 Å². The van der Waals surface area contributed by atoms with E-state index < -0.39 is 5.79 Å². The van der Waals surface area contributed by atoms with Crippen molar-refractivity contribution in [2.75, 3.05) is 38.2 Å². The second-order valence-corrected chi connectivity index (χ2v) is 8.78. The molecule has 1 aromatic rings. The van der Waals surface area contributed by atoms with Crippen molar-refractivity contribution in [2.45, 2.75) is 77.7 Å². The Morgan fingerprint density at radius 1 is 1.12 bits per heavy atom. The first kappa shape index (κ1) is 24.7. The van der Waals surface area contributed by atoms with Crippen LogP contribution in [0.1, 0.15) is 58.9 Å². The molecule has 2 atom stereocenters. The van der Waals surface area contributed by atoms with Crippen molar-refractivity contribution in [3.8, 4) is 0 Å². The standard InChI is InChI=1S/C25H39N3O4/c1-5-28(24(30)17-20-9-11-21(12-10-20)26-19(4)29)22-13-14-25(31-6-2,32-7-3)18-23(22)27-15-8-16-27/h9-12,22-23H,5-8,13-18H2,1-4H3,(H,26,29). The maximum absolute atomic E-state index is 13.4. The molecule has 1 N–H and O–H groups in total. The summed E-state index contributed by atoms with van der Waals surface area (Å²) in [5, 5.41) is 2.77. The minimum Gasteiger partial charge on any atom is -0.350 e. The summed E-state index contributed by atoms with van der Waals surface area (Å²) in [5.74, 6) is -0.492. The molecule has 178 valence electrons. The maximum atomic E-state index is 13.4. The van der Waals surface area contributed by atoms with Crippen LogP contribution in [0.3, 0.4) is 0 Å². The van der Waals surface area contributed by atoms with Gasteiger partial charge in [0.25, 0.3) is 0 Å². The normalized spacial score (nSPS) is 22.8. The Morgan fingerprint density at radius 3 is 2.28 bits per heavy atom. The van der Waals surface area contributed by atoms with Gasteiger partial charge < -0.3 is 19.7 Å². The number of benzene rings is 1. The van der Waals surface area contributed by atoms with Crippen LogP contribution < -0.4 is 5.32 Å². The summed E-state index contributed by atoms with van der Waals surface area (Å²) in [6, 6.07) is 7.95. The molecule has 1 aliphatic carbocycles. The molecule has 2 unspecified atom stereocenters. The molecule has 3 rings (SSSR count). The van der Waals surface area contributed by atoms with Crippen LogP contribution in [0.4, 0.5) is 5.69 Å². The molecule has 7 nitrogen and oxygen atoms in total. The van der Waals surface area contributed by atoms with Crippen molar-refractivity contribution in [1.29, 1.82) is 0 Å². The van der Waals surface area contributed by atoms with Crippen LogP contribution in [0.25, 0.3) is 0 Å². The van der Waals surface area contributed by atoms with Gasteiger partial charge in [0, 0.05) is 57.3 Å². The number of hydrogen-bond donors (Lipinski definition) is 1. The van der Waals surface area contributed by atoms with Crippen LogP contribution in [0, 0.1) is 0 Å². The molecule has 1 saturated heterocycles. The molecular formula is C25H39N3O4. The first-order valence-electron chi connectivity index (χ1n) is 12.1. The number of likely N-dealkylation sites (tertiary alicyclic amines) is 1. The number of nitrogens with zero attached hydrogens (tertiary/aromatic N) is 2. The van der Waals surface area contributed by atoms with Crippen molar-refractivity contribution >= 4 is 17.5 Å². The lowest BCUT2D eigenvalue weighted by molar-refractivity contribution is -0.263. The van der Waals surface area contributed by atoms with E-state index in [1.165, 1.54) is 13.3 Å². The summed E-state index contributed by atoms with van der Waals surface area (Å²) in [7, 11) is 0. The third-order valence-electron chi connectivity index (χ3n) is 6.65. The minimum absolute atomic E-state index is 0.101. The zero-order chi connectivity index (χ0) is 23.1. The zero-order valence-corrected chi connectivity index (χ0v) is 20.1. The molecule has 0 spiro atoms. The second kappa shape index (κ2) is 11.3. The van der Waals surface area contributed by atoms with Crippen LogP contribution >= 0.6 is 0 Å². The maximum Gasteiger partial charge on any atom is 0.227 e. The molecule has 2 aliphatic rings. The number of ether oxygens (including phenoxy) is 2. The number of carbonyl (C=O) groups excluding carboxylic acids is 2. The van der Waals surface area contributed by atoms with E-state index in [9.17, 15) is 9.59 Å². The van der Waals surface area contributed by atoms with E-state index in [2.05, 4.69) is 22.0 Å². The van der Waals surface area contributed by atoms with Crippen molar-refractivity contribution in [2.24, 2.45) is 0 Å². The van der Waals surface area contributed by atoms with Gasteiger partial charge in [-0.25, -0.2) is 0 Å². The molecular weight excluding hydrogens is 406 g/mol. The number of likely N-dealkylation sites (N-methyl/N-ethyl adjacent to an activating group) is 1. The first-order valence-corrected chi connectivity index (χ1v) is 12.1. The Labute approximate surface area is 192 Å². The highest BCUT2D eigenvalue weighted by atomic mass is 16.7. The second-order valence-electron chi connectivity index (χ2n) is 8.78.